The Labute approximate surface area is 337 Å². The summed E-state index contributed by atoms with van der Waals surface area (Å²) in [6.07, 6.45) is 46.1. The van der Waals surface area contributed by atoms with Crippen LogP contribution in [0.1, 0.15) is 142 Å². The van der Waals surface area contributed by atoms with Gasteiger partial charge < -0.3 is 25.2 Å². The summed E-state index contributed by atoms with van der Waals surface area (Å²) >= 11 is 0. The molecular weight excluding hydrogens is 733 g/mol. The van der Waals surface area contributed by atoms with Crippen LogP contribution in [0, 0.1) is 0 Å². The summed E-state index contributed by atoms with van der Waals surface area (Å²) in [5.74, 6) is -2.45. The summed E-state index contributed by atoms with van der Waals surface area (Å²) < 4.78 is 26.7. The van der Waals surface area contributed by atoms with Crippen LogP contribution in [0.4, 0.5) is 0 Å². The molecule has 0 radical (unpaired) electrons. The van der Waals surface area contributed by atoms with Gasteiger partial charge in [0, 0.05) is 12.8 Å². The second-order valence-corrected chi connectivity index (χ2v) is 14.9. The number of allylic oxidation sites excluding steroid dienone is 14. The van der Waals surface area contributed by atoms with Gasteiger partial charge in [-0.05, 0) is 83.5 Å². The molecule has 12 heteroatoms. The molecule has 56 heavy (non-hydrogen) atoms. The van der Waals surface area contributed by atoms with E-state index in [2.05, 4.69) is 104 Å². The van der Waals surface area contributed by atoms with E-state index in [0.717, 1.165) is 96.3 Å². The van der Waals surface area contributed by atoms with Gasteiger partial charge in [-0.2, -0.15) is 0 Å². The average molecular weight is 806 g/mol. The number of esters is 1. The van der Waals surface area contributed by atoms with Crippen LogP contribution in [0.5, 0.6) is 0 Å². The fraction of sp³-hybridized carbons (Fsp3) is 0.614. The second kappa shape index (κ2) is 38.5. The molecule has 0 heterocycles. The molecule has 0 rings (SSSR count). The zero-order chi connectivity index (χ0) is 41.4. The highest BCUT2D eigenvalue weighted by Gasteiger charge is 2.28. The Morgan fingerprint density at radius 2 is 1.04 bits per heavy atom. The Kier molecular flexibility index (Phi) is 36.2. The topological polar surface area (TPSA) is 169 Å². The number of hydrogen-bond acceptors (Lipinski definition) is 8. The molecule has 0 saturated carbocycles. The van der Waals surface area contributed by atoms with E-state index in [1.54, 1.807) is 0 Å². The number of phosphoric acid groups is 1. The van der Waals surface area contributed by atoms with Crippen molar-refractivity contribution in [3.8, 4) is 0 Å². The van der Waals surface area contributed by atoms with Crippen molar-refractivity contribution in [3.63, 3.8) is 0 Å². The van der Waals surface area contributed by atoms with Crippen molar-refractivity contribution in [3.05, 3.63) is 85.1 Å². The summed E-state index contributed by atoms with van der Waals surface area (Å²) in [6, 6.07) is -1.57. The first-order chi connectivity index (χ1) is 27.1. The lowest BCUT2D eigenvalue weighted by molar-refractivity contribution is -0.147. The Bertz CT molecular complexity index is 1270. The highest BCUT2D eigenvalue weighted by Crippen LogP contribution is 2.43. The van der Waals surface area contributed by atoms with Crippen molar-refractivity contribution in [2.45, 2.75) is 154 Å². The number of aliphatic hydroxyl groups excluding tert-OH is 1. The van der Waals surface area contributed by atoms with Gasteiger partial charge >= 0.3 is 19.8 Å². The Morgan fingerprint density at radius 3 is 1.57 bits per heavy atom. The molecule has 0 aromatic carbocycles. The molecule has 0 spiro atoms. The van der Waals surface area contributed by atoms with Crippen molar-refractivity contribution < 1.29 is 47.8 Å². The van der Waals surface area contributed by atoms with Crippen LogP contribution >= 0.6 is 7.82 Å². The van der Waals surface area contributed by atoms with E-state index in [-0.39, 0.29) is 12.8 Å². The fourth-order valence-electron chi connectivity index (χ4n) is 4.97. The van der Waals surface area contributed by atoms with E-state index in [0.29, 0.717) is 12.8 Å². The lowest BCUT2D eigenvalue weighted by atomic mass is 10.1. The monoisotopic (exact) mass is 805 g/mol. The molecule has 3 atom stereocenters. The van der Waals surface area contributed by atoms with Gasteiger partial charge in [-0.3, -0.25) is 18.6 Å². The summed E-state index contributed by atoms with van der Waals surface area (Å²) in [7, 11) is -4.77. The number of aliphatic carboxylic acids is 1. The summed E-state index contributed by atoms with van der Waals surface area (Å²) in [6.45, 7) is 2.35. The molecule has 0 aliphatic heterocycles. The number of aliphatic hydroxyl groups is 1. The smallest absolute Gasteiger partial charge is 0.472 e. The maximum Gasteiger partial charge on any atom is 0.472 e. The first-order valence-electron chi connectivity index (χ1n) is 20.6. The van der Waals surface area contributed by atoms with E-state index in [9.17, 15) is 34.1 Å². The summed E-state index contributed by atoms with van der Waals surface area (Å²) in [4.78, 5) is 45.8. The van der Waals surface area contributed by atoms with Crippen LogP contribution in [-0.2, 0) is 32.7 Å². The predicted octanol–water partition coefficient (Wildman–Crippen LogP) is 10.3. The Morgan fingerprint density at radius 1 is 0.589 bits per heavy atom. The van der Waals surface area contributed by atoms with Crippen LogP contribution in [0.3, 0.4) is 0 Å². The van der Waals surface area contributed by atoms with Crippen LogP contribution in [-0.4, -0.2) is 64.9 Å². The van der Waals surface area contributed by atoms with Crippen LogP contribution < -0.4 is 5.32 Å². The number of amides is 1. The number of rotatable bonds is 37. The molecule has 3 unspecified atom stereocenters. The lowest BCUT2D eigenvalue weighted by Gasteiger charge is -2.18. The van der Waals surface area contributed by atoms with Crippen molar-refractivity contribution in [1.29, 1.82) is 0 Å². The number of carbonyl (C=O) groups excluding carboxylic acids is 2. The van der Waals surface area contributed by atoms with Gasteiger partial charge in [-0.25, -0.2) is 9.36 Å². The number of nitrogens with one attached hydrogen (secondary N) is 1. The van der Waals surface area contributed by atoms with Gasteiger partial charge in [0.1, 0.15) is 12.7 Å². The zero-order valence-corrected chi connectivity index (χ0v) is 35.0. The minimum absolute atomic E-state index is 0.100. The molecule has 11 nitrogen and oxygen atoms in total. The van der Waals surface area contributed by atoms with E-state index in [1.165, 1.54) is 6.42 Å². The molecule has 0 aliphatic carbocycles. The summed E-state index contributed by atoms with van der Waals surface area (Å²) in [5.41, 5.74) is 0. The molecule has 0 aromatic heterocycles. The minimum atomic E-state index is -4.77. The van der Waals surface area contributed by atoms with Crippen molar-refractivity contribution in [2.24, 2.45) is 0 Å². The third-order valence-corrected chi connectivity index (χ3v) is 9.10. The highest BCUT2D eigenvalue weighted by molar-refractivity contribution is 7.47. The Hall–Kier alpha value is -3.34. The first-order valence-corrected chi connectivity index (χ1v) is 22.1. The van der Waals surface area contributed by atoms with E-state index in [1.807, 2.05) is 0 Å². The van der Waals surface area contributed by atoms with Gasteiger partial charge in [0.2, 0.25) is 5.91 Å². The molecule has 0 aliphatic rings. The Balaban J connectivity index is 4.03. The van der Waals surface area contributed by atoms with E-state index in [4.69, 9.17) is 13.8 Å². The molecule has 0 bridgehead atoms. The van der Waals surface area contributed by atoms with Gasteiger partial charge in [0.05, 0.1) is 13.2 Å². The van der Waals surface area contributed by atoms with Gasteiger partial charge in [-0.1, -0.05) is 131 Å². The third-order valence-electron chi connectivity index (χ3n) is 8.15. The standard InChI is InChI=1S/C44H72NO10P/c1-3-5-7-9-11-13-15-17-18-19-20-21-22-24-25-27-29-31-33-35-42(47)45-41(44(49)50)39-55-56(51,52)54-38-40(46)37-53-43(48)36-34-32-30-28-26-23-16-14-12-10-8-6-4-2/h5,7-8,10-11,13-14,16-18,20-21,24-25,40-41,46H,3-4,6,9,12,15,19,22-23,26-39H2,1-2H3,(H,45,47)(H,49,50)(H,51,52)/b7-5-,10-8-,13-11-,16-14-,18-17-,21-20-,25-24-. The van der Waals surface area contributed by atoms with E-state index >= 15 is 0 Å². The molecule has 4 N–H and O–H groups in total. The number of hydrogen-bond donors (Lipinski definition) is 4. The molecular formula is C44H72NO10P. The number of phosphoric ester groups is 1. The predicted molar refractivity (Wildman–Crippen MR) is 226 cm³/mol. The normalized spacial score (nSPS) is 14.6. The maximum atomic E-state index is 12.3. The number of carboxylic acids is 1. The van der Waals surface area contributed by atoms with Gasteiger partial charge in [-0.15, -0.1) is 0 Å². The van der Waals surface area contributed by atoms with Crippen molar-refractivity contribution >= 4 is 25.7 Å². The first kappa shape index (κ1) is 52.7. The van der Waals surface area contributed by atoms with Crippen molar-refractivity contribution in [1.82, 2.24) is 5.32 Å². The number of ether oxygens (including phenoxy) is 1. The largest absolute Gasteiger partial charge is 0.480 e. The molecule has 0 fully saturated rings. The van der Waals surface area contributed by atoms with Crippen LogP contribution in [0.2, 0.25) is 0 Å². The highest BCUT2D eigenvalue weighted by atomic mass is 31.2. The average Bonchev–Trinajstić information content (AvgIpc) is 3.17. The number of carbonyl (C=O) groups is 3. The van der Waals surface area contributed by atoms with Gasteiger partial charge in [0.15, 0.2) is 6.04 Å². The molecule has 0 saturated heterocycles. The van der Waals surface area contributed by atoms with Crippen LogP contribution in [0.15, 0.2) is 85.1 Å². The lowest BCUT2D eigenvalue weighted by Crippen LogP contribution is -2.43. The quantitative estimate of drug-likeness (QED) is 0.0205. The summed E-state index contributed by atoms with van der Waals surface area (Å²) in [5, 5.41) is 21.8. The number of unbranched alkanes of at least 4 members (excludes halogenated alkanes) is 9. The molecule has 0 aromatic rings. The van der Waals surface area contributed by atoms with Crippen LogP contribution in [0.25, 0.3) is 0 Å². The van der Waals surface area contributed by atoms with Gasteiger partial charge in [0.25, 0.3) is 0 Å². The van der Waals surface area contributed by atoms with Crippen molar-refractivity contribution in [2.75, 3.05) is 19.8 Å². The molecule has 1 amide bonds. The maximum absolute atomic E-state index is 12.3. The third kappa shape index (κ3) is 37.6. The zero-order valence-electron chi connectivity index (χ0n) is 34.1. The van der Waals surface area contributed by atoms with E-state index < -0.39 is 57.6 Å². The SMILES string of the molecule is CC/C=C\C/C=C\C/C=C\C/C=C\C/C=C\CCCCCC(=O)NC(COP(=O)(O)OCC(O)COC(=O)CCCCCCC/C=C\C/C=C\CCC)C(=O)O. The second-order valence-electron chi connectivity index (χ2n) is 13.4. The minimum Gasteiger partial charge on any atom is -0.480 e. The molecule has 318 valence electrons. The number of carboxylic acid groups (broad SMARTS) is 1. The fourth-order valence-corrected chi connectivity index (χ4v) is 5.74.